The molecule has 1 aliphatic heterocycles. The van der Waals surface area contributed by atoms with Gasteiger partial charge in [-0.25, -0.2) is 4.79 Å². The van der Waals surface area contributed by atoms with E-state index in [1.165, 1.54) is 0 Å². The second-order valence-electron chi connectivity index (χ2n) is 7.49. The summed E-state index contributed by atoms with van der Waals surface area (Å²) in [5.74, 6) is -0.586. The van der Waals surface area contributed by atoms with Crippen molar-refractivity contribution in [2.24, 2.45) is 0 Å². The number of likely N-dealkylation sites (N-methyl/N-ethyl adjacent to an activating group) is 1. The fraction of sp³-hybridized carbons (Fsp3) is 0.435. The number of hydrogen-bond donors (Lipinski definition) is 1. The van der Waals surface area contributed by atoms with E-state index in [1.54, 1.807) is 24.3 Å². The molecule has 1 atom stereocenters. The van der Waals surface area contributed by atoms with Crippen LogP contribution in [-0.4, -0.2) is 47.8 Å². The van der Waals surface area contributed by atoms with Gasteiger partial charge in [0.1, 0.15) is 6.54 Å². The smallest absolute Gasteiger partial charge is 0.348 e. The molecule has 1 N–H and O–H groups in total. The van der Waals surface area contributed by atoms with Gasteiger partial charge in [-0.05, 0) is 31.4 Å². The minimum atomic E-state index is -1.80. The molecular formula is C23H30NO3+. The van der Waals surface area contributed by atoms with Gasteiger partial charge >= 0.3 is 5.97 Å². The van der Waals surface area contributed by atoms with Gasteiger partial charge in [-0.3, -0.25) is 0 Å². The molecule has 0 aliphatic carbocycles. The Bertz CT molecular complexity index is 701. The predicted molar refractivity (Wildman–Crippen MR) is 106 cm³/mol. The molecule has 0 aromatic heterocycles. The molecule has 3 rings (SSSR count). The van der Waals surface area contributed by atoms with Crippen molar-refractivity contribution in [3.8, 4) is 0 Å². The molecule has 0 spiro atoms. The topological polar surface area (TPSA) is 46.5 Å². The molecule has 1 aliphatic rings. The van der Waals surface area contributed by atoms with Crippen molar-refractivity contribution in [1.29, 1.82) is 0 Å². The molecule has 4 nitrogen and oxygen atoms in total. The molecule has 2 aromatic carbocycles. The van der Waals surface area contributed by atoms with Crippen LogP contribution in [0.4, 0.5) is 0 Å². The van der Waals surface area contributed by atoms with Crippen molar-refractivity contribution in [2.75, 3.05) is 26.2 Å². The summed E-state index contributed by atoms with van der Waals surface area (Å²) < 4.78 is 6.89. The summed E-state index contributed by atoms with van der Waals surface area (Å²) >= 11 is 0. The monoisotopic (exact) mass is 368 g/mol. The number of nitrogens with zero attached hydrogens (tertiary/aromatic N) is 1. The van der Waals surface area contributed by atoms with E-state index in [0.717, 1.165) is 43.5 Å². The zero-order valence-corrected chi connectivity index (χ0v) is 16.3. The lowest BCUT2D eigenvalue weighted by molar-refractivity contribution is -0.932. The van der Waals surface area contributed by atoms with Crippen molar-refractivity contribution >= 4 is 5.97 Å². The van der Waals surface area contributed by atoms with Gasteiger partial charge in [0.05, 0.1) is 19.6 Å². The summed E-state index contributed by atoms with van der Waals surface area (Å²) in [6.45, 7) is 8.40. The second-order valence-corrected chi connectivity index (χ2v) is 7.49. The number of aliphatic hydroxyl groups is 1. The maximum atomic E-state index is 13.2. The van der Waals surface area contributed by atoms with Gasteiger partial charge in [0.2, 0.25) is 5.60 Å². The molecule has 1 saturated heterocycles. The number of esters is 1. The summed E-state index contributed by atoms with van der Waals surface area (Å²) in [6, 6.07) is 18.1. The van der Waals surface area contributed by atoms with Crippen LogP contribution >= 0.6 is 0 Å². The Balaban J connectivity index is 1.89. The van der Waals surface area contributed by atoms with Crippen LogP contribution in [0.5, 0.6) is 0 Å². The third kappa shape index (κ3) is 3.92. The van der Waals surface area contributed by atoms with Crippen molar-refractivity contribution in [3.05, 3.63) is 71.8 Å². The lowest BCUT2D eigenvalue weighted by Gasteiger charge is -2.43. The van der Waals surface area contributed by atoms with Crippen LogP contribution in [-0.2, 0) is 15.1 Å². The molecule has 0 radical (unpaired) electrons. The third-order valence-electron chi connectivity index (χ3n) is 6.04. The summed E-state index contributed by atoms with van der Waals surface area (Å²) in [5, 5.41) is 11.5. The van der Waals surface area contributed by atoms with Crippen LogP contribution in [0.3, 0.4) is 0 Å². The highest BCUT2D eigenvalue weighted by Crippen LogP contribution is 2.32. The molecule has 0 amide bonds. The van der Waals surface area contributed by atoms with Crippen molar-refractivity contribution in [3.63, 3.8) is 0 Å². The molecule has 1 fully saturated rings. The van der Waals surface area contributed by atoms with Gasteiger partial charge in [0.15, 0.2) is 6.10 Å². The van der Waals surface area contributed by atoms with Crippen LogP contribution in [0.15, 0.2) is 60.7 Å². The Morgan fingerprint density at radius 1 is 1.04 bits per heavy atom. The molecule has 27 heavy (non-hydrogen) atoms. The van der Waals surface area contributed by atoms with E-state index in [1.807, 2.05) is 36.4 Å². The Morgan fingerprint density at radius 2 is 1.56 bits per heavy atom. The largest absolute Gasteiger partial charge is 0.454 e. The van der Waals surface area contributed by atoms with E-state index in [2.05, 4.69) is 13.8 Å². The first-order valence-corrected chi connectivity index (χ1v) is 9.93. The van der Waals surface area contributed by atoms with Gasteiger partial charge in [0.25, 0.3) is 0 Å². The number of hydrogen-bond acceptors (Lipinski definition) is 3. The zero-order valence-electron chi connectivity index (χ0n) is 16.3. The summed E-state index contributed by atoms with van der Waals surface area (Å²) in [4.78, 5) is 13.2. The zero-order chi connectivity index (χ0) is 19.3. The van der Waals surface area contributed by atoms with Crippen molar-refractivity contribution in [2.45, 2.75) is 38.4 Å². The SMILES string of the molecule is CC[N+]1(CC)CCC[C@H](OC(=O)C(O)(c2ccccc2)c2ccccc2)C1. The number of quaternary nitrogens is 1. The molecule has 0 bridgehead atoms. The lowest BCUT2D eigenvalue weighted by Crippen LogP contribution is -2.57. The number of carbonyl (C=O) groups excluding carboxylic acids is 1. The molecule has 0 saturated carbocycles. The highest BCUT2D eigenvalue weighted by Gasteiger charge is 2.44. The van der Waals surface area contributed by atoms with E-state index in [9.17, 15) is 9.90 Å². The molecule has 0 unspecified atom stereocenters. The van der Waals surface area contributed by atoms with Gasteiger partial charge < -0.3 is 14.3 Å². The molecule has 4 heteroatoms. The van der Waals surface area contributed by atoms with Crippen LogP contribution in [0.25, 0.3) is 0 Å². The van der Waals surface area contributed by atoms with E-state index in [-0.39, 0.29) is 6.10 Å². The third-order valence-corrected chi connectivity index (χ3v) is 6.04. The van der Waals surface area contributed by atoms with Crippen LogP contribution in [0, 0.1) is 0 Å². The molecule has 144 valence electrons. The van der Waals surface area contributed by atoms with Gasteiger partial charge in [0, 0.05) is 6.42 Å². The number of rotatable bonds is 6. The standard InChI is InChI=1S/C23H30NO3/c1-3-24(4-2)17-11-16-21(18-24)27-22(25)23(26,19-12-7-5-8-13-19)20-14-9-6-10-15-20/h5-10,12-15,21,26H,3-4,11,16-18H2,1-2H3/q+1/t21-/m0/s1. The van der Waals surface area contributed by atoms with Gasteiger partial charge in [-0.2, -0.15) is 0 Å². The number of ether oxygens (including phenoxy) is 1. The fourth-order valence-electron chi connectivity index (χ4n) is 4.16. The average molecular weight is 368 g/mol. The van der Waals surface area contributed by atoms with E-state index >= 15 is 0 Å². The van der Waals surface area contributed by atoms with E-state index in [4.69, 9.17) is 4.74 Å². The normalized spacial score (nSPS) is 19.4. The Kier molecular flexibility index (Phi) is 5.98. The van der Waals surface area contributed by atoms with Gasteiger partial charge in [-0.1, -0.05) is 60.7 Å². The van der Waals surface area contributed by atoms with Crippen LogP contribution in [0.1, 0.15) is 37.8 Å². The highest BCUT2D eigenvalue weighted by atomic mass is 16.6. The molecule has 2 aromatic rings. The van der Waals surface area contributed by atoms with Crippen molar-refractivity contribution in [1.82, 2.24) is 0 Å². The Labute approximate surface area is 162 Å². The lowest BCUT2D eigenvalue weighted by atomic mass is 9.86. The Hall–Kier alpha value is -2.17. The second kappa shape index (κ2) is 8.24. The maximum Gasteiger partial charge on any atom is 0.348 e. The predicted octanol–water partition coefficient (Wildman–Crippen LogP) is 3.48. The minimum Gasteiger partial charge on any atom is -0.454 e. The Morgan fingerprint density at radius 3 is 2.04 bits per heavy atom. The van der Waals surface area contributed by atoms with E-state index in [0.29, 0.717) is 11.1 Å². The van der Waals surface area contributed by atoms with Gasteiger partial charge in [-0.15, -0.1) is 0 Å². The van der Waals surface area contributed by atoms with Crippen LogP contribution < -0.4 is 0 Å². The number of carbonyl (C=O) groups is 1. The maximum absolute atomic E-state index is 13.2. The average Bonchev–Trinajstić information content (AvgIpc) is 2.74. The molecular weight excluding hydrogens is 338 g/mol. The van der Waals surface area contributed by atoms with Crippen molar-refractivity contribution < 1.29 is 19.1 Å². The first kappa shape index (κ1) is 19.6. The number of benzene rings is 2. The number of likely N-dealkylation sites (tertiary alicyclic amines) is 1. The van der Waals surface area contributed by atoms with Crippen LogP contribution in [0.2, 0.25) is 0 Å². The fourth-order valence-corrected chi connectivity index (χ4v) is 4.16. The number of piperidine rings is 1. The first-order valence-electron chi connectivity index (χ1n) is 9.93. The summed E-state index contributed by atoms with van der Waals surface area (Å²) in [5.41, 5.74) is -0.735. The molecule has 1 heterocycles. The van der Waals surface area contributed by atoms with E-state index < -0.39 is 11.6 Å². The summed E-state index contributed by atoms with van der Waals surface area (Å²) in [6.07, 6.45) is 1.73. The minimum absolute atomic E-state index is 0.162. The first-order chi connectivity index (χ1) is 13.0. The highest BCUT2D eigenvalue weighted by molar-refractivity contribution is 5.85. The summed E-state index contributed by atoms with van der Waals surface area (Å²) in [7, 11) is 0. The quantitative estimate of drug-likeness (QED) is 0.627.